The Labute approximate surface area is 286 Å². The number of nitrogens with two attached hydrogens (primary N) is 1. The molecule has 0 aromatic heterocycles. The van der Waals surface area contributed by atoms with Gasteiger partial charge in [-0.1, -0.05) is 78.9 Å². The van der Waals surface area contributed by atoms with Gasteiger partial charge in [-0.25, -0.2) is 4.79 Å². The predicted molar refractivity (Wildman–Crippen MR) is 182 cm³/mol. The molecule has 0 bridgehead atoms. The highest BCUT2D eigenvalue weighted by molar-refractivity contribution is 5.96. The first-order valence-electron chi connectivity index (χ1n) is 15.4. The van der Waals surface area contributed by atoms with Gasteiger partial charge in [-0.05, 0) is 63.9 Å². The molecule has 0 aliphatic heterocycles. The normalized spacial score (nSPS) is 10.7. The molecule has 5 rings (SSSR count). The molecular formula is C38H33F3N4O5. The van der Waals surface area contributed by atoms with Crippen LogP contribution < -0.4 is 20.7 Å². The molecule has 0 radical (unpaired) electrons. The molecule has 12 heteroatoms. The van der Waals surface area contributed by atoms with E-state index < -0.39 is 12.1 Å². The van der Waals surface area contributed by atoms with Crippen LogP contribution in [-0.2, 0) is 34.0 Å². The molecule has 0 fully saturated rings. The molecule has 256 valence electrons. The largest absolute Gasteiger partial charge is 0.490 e. The molecule has 0 unspecified atom stereocenters. The second kappa shape index (κ2) is 17.3. The number of alkyl halides is 3. The van der Waals surface area contributed by atoms with E-state index >= 15 is 0 Å². The maximum atomic E-state index is 13.8. The zero-order valence-electron chi connectivity index (χ0n) is 26.7. The van der Waals surface area contributed by atoms with Crippen LogP contribution in [0.15, 0.2) is 115 Å². The lowest BCUT2D eigenvalue weighted by molar-refractivity contribution is -0.192. The molecule has 4 N–H and O–H groups in total. The lowest BCUT2D eigenvalue weighted by Crippen LogP contribution is -2.32. The first kappa shape index (κ1) is 36.6. The third-order valence-corrected chi connectivity index (χ3v) is 7.41. The van der Waals surface area contributed by atoms with Crippen molar-refractivity contribution in [2.45, 2.75) is 38.7 Å². The average molecular weight is 683 g/mol. The van der Waals surface area contributed by atoms with Crippen molar-refractivity contribution in [3.8, 4) is 17.6 Å². The summed E-state index contributed by atoms with van der Waals surface area (Å²) in [6.45, 7) is 0.998. The minimum atomic E-state index is -5.08. The third-order valence-electron chi connectivity index (χ3n) is 7.41. The van der Waals surface area contributed by atoms with Gasteiger partial charge in [0.1, 0.15) is 5.75 Å². The van der Waals surface area contributed by atoms with Crippen LogP contribution in [0.5, 0.6) is 11.5 Å². The smallest absolute Gasteiger partial charge is 0.475 e. The van der Waals surface area contributed by atoms with Crippen molar-refractivity contribution in [1.29, 1.82) is 5.26 Å². The Bertz CT molecular complexity index is 1990. The van der Waals surface area contributed by atoms with Gasteiger partial charge >= 0.3 is 12.1 Å². The summed E-state index contributed by atoms with van der Waals surface area (Å²) in [5.74, 6) is -2.08. The Morgan fingerprint density at radius 3 is 2.20 bits per heavy atom. The number of rotatable bonds is 11. The number of amides is 2. The summed E-state index contributed by atoms with van der Waals surface area (Å²) in [5.41, 5.74) is 9.71. The highest BCUT2D eigenvalue weighted by Crippen LogP contribution is 2.34. The van der Waals surface area contributed by atoms with Gasteiger partial charge in [0.2, 0.25) is 11.8 Å². The Morgan fingerprint density at radius 1 is 0.840 bits per heavy atom. The van der Waals surface area contributed by atoms with Crippen LogP contribution >= 0.6 is 0 Å². The van der Waals surface area contributed by atoms with Crippen molar-refractivity contribution < 1.29 is 37.4 Å². The molecule has 0 aliphatic carbocycles. The number of fused-ring (bicyclic) bond motifs is 1. The number of hydrogen-bond donors (Lipinski definition) is 3. The number of carboxylic acids is 1. The summed E-state index contributed by atoms with van der Waals surface area (Å²) in [5, 5.41) is 21.5. The third kappa shape index (κ3) is 10.4. The molecule has 5 aromatic rings. The fourth-order valence-corrected chi connectivity index (χ4v) is 4.89. The predicted octanol–water partition coefficient (Wildman–Crippen LogP) is 7.23. The van der Waals surface area contributed by atoms with E-state index in [1.165, 1.54) is 0 Å². The van der Waals surface area contributed by atoms with Crippen molar-refractivity contribution in [2.24, 2.45) is 5.73 Å². The first-order chi connectivity index (χ1) is 24.0. The molecule has 5 aromatic carbocycles. The Morgan fingerprint density at radius 2 is 1.50 bits per heavy atom. The van der Waals surface area contributed by atoms with Crippen LogP contribution in [-0.4, -0.2) is 29.1 Å². The maximum Gasteiger partial charge on any atom is 0.490 e. The lowest BCUT2D eigenvalue weighted by Gasteiger charge is -2.25. The van der Waals surface area contributed by atoms with Gasteiger partial charge < -0.3 is 25.8 Å². The van der Waals surface area contributed by atoms with E-state index in [1.54, 1.807) is 23.1 Å². The quantitative estimate of drug-likeness (QED) is 0.133. The van der Waals surface area contributed by atoms with Gasteiger partial charge in [0.15, 0.2) is 5.75 Å². The minimum Gasteiger partial charge on any atom is -0.475 e. The molecule has 0 aliphatic rings. The van der Waals surface area contributed by atoms with Crippen LogP contribution in [0.25, 0.3) is 10.8 Å². The van der Waals surface area contributed by atoms with E-state index in [1.807, 2.05) is 97.1 Å². The number of nitriles is 1. The average Bonchev–Trinajstić information content (AvgIpc) is 3.12. The lowest BCUT2D eigenvalue weighted by atomic mass is 10.0. The topological polar surface area (TPSA) is 146 Å². The highest BCUT2D eigenvalue weighted by atomic mass is 19.4. The van der Waals surface area contributed by atoms with Crippen molar-refractivity contribution >= 4 is 34.2 Å². The van der Waals surface area contributed by atoms with Crippen molar-refractivity contribution in [1.82, 2.24) is 5.32 Å². The van der Waals surface area contributed by atoms with Gasteiger partial charge in [0.25, 0.3) is 0 Å². The van der Waals surface area contributed by atoms with Gasteiger partial charge in [0, 0.05) is 25.9 Å². The number of hydrogen-bond acceptors (Lipinski definition) is 6. The number of ether oxygens (including phenoxy) is 1. The summed E-state index contributed by atoms with van der Waals surface area (Å²) in [6.07, 6.45) is -5.04. The molecule has 0 saturated carbocycles. The second-order valence-electron chi connectivity index (χ2n) is 10.9. The summed E-state index contributed by atoms with van der Waals surface area (Å²) in [4.78, 5) is 37.1. The van der Waals surface area contributed by atoms with E-state index in [0.717, 1.165) is 27.5 Å². The molecule has 0 atom stereocenters. The fraction of sp³-hybridized carbons (Fsp3) is 0.158. The molecule has 0 saturated heterocycles. The number of carbonyl (C=O) groups is 3. The summed E-state index contributed by atoms with van der Waals surface area (Å²) in [7, 11) is 0. The van der Waals surface area contributed by atoms with Gasteiger partial charge in [-0.2, -0.15) is 18.4 Å². The van der Waals surface area contributed by atoms with E-state index in [9.17, 15) is 28.0 Å². The minimum absolute atomic E-state index is 0.00857. The fourth-order valence-electron chi connectivity index (χ4n) is 4.89. The van der Waals surface area contributed by atoms with E-state index in [0.29, 0.717) is 35.8 Å². The van der Waals surface area contributed by atoms with Crippen LogP contribution in [0.1, 0.15) is 35.1 Å². The van der Waals surface area contributed by atoms with Crippen molar-refractivity contribution in [3.63, 3.8) is 0 Å². The number of anilines is 1. The molecule has 0 spiro atoms. The number of para-hydroxylation sites is 2. The number of nitrogens with one attached hydrogen (secondary N) is 1. The number of halogens is 3. The highest BCUT2D eigenvalue weighted by Gasteiger charge is 2.38. The SMILES string of the molecule is N#Cc1ccc(CN(C(=O)CCC(=O)NCc2cccc3ccccc23)c2ccccc2Oc2cccc(CN)c2)cc1.O=C(O)C(F)(F)F. The van der Waals surface area contributed by atoms with E-state index in [4.69, 9.17) is 20.4 Å². The molecule has 0 heterocycles. The van der Waals surface area contributed by atoms with Crippen molar-refractivity contribution in [2.75, 3.05) is 4.90 Å². The number of aliphatic carboxylic acids is 1. The molecule has 50 heavy (non-hydrogen) atoms. The monoisotopic (exact) mass is 682 g/mol. The number of carboxylic acid groups (broad SMARTS) is 1. The van der Waals surface area contributed by atoms with Crippen molar-refractivity contribution in [3.05, 3.63) is 138 Å². The Kier molecular flexibility index (Phi) is 12.7. The summed E-state index contributed by atoms with van der Waals surface area (Å²) in [6, 6.07) is 38.1. The summed E-state index contributed by atoms with van der Waals surface area (Å²) < 4.78 is 38.0. The van der Waals surface area contributed by atoms with E-state index in [2.05, 4.69) is 11.4 Å². The number of carbonyl (C=O) groups excluding carboxylic acids is 2. The zero-order chi connectivity index (χ0) is 36.1. The molecule has 9 nitrogen and oxygen atoms in total. The van der Waals surface area contributed by atoms with Gasteiger partial charge in [-0.15, -0.1) is 0 Å². The standard InChI is InChI=1S/C36H32N4O3.C2HF3O2/c37-22-26-15-17-27(18-16-26)25-40(33-13-3-4-14-34(33)43-31-11-5-7-28(21-31)23-38)36(42)20-19-35(41)39-24-30-10-6-9-29-8-1-2-12-32(29)30;3-2(4,5)1(6)7/h1-18,21H,19-20,23-25,38H2,(H,39,41);(H,6,7). The van der Waals surface area contributed by atoms with Gasteiger partial charge in [0.05, 0.1) is 23.9 Å². The van der Waals surface area contributed by atoms with E-state index in [-0.39, 0.29) is 31.2 Å². The molecular weight excluding hydrogens is 649 g/mol. The first-order valence-corrected chi connectivity index (χ1v) is 15.4. The summed E-state index contributed by atoms with van der Waals surface area (Å²) >= 11 is 0. The number of benzene rings is 5. The number of nitrogens with zero attached hydrogens (tertiary/aromatic N) is 2. The van der Waals surface area contributed by atoms with Crippen LogP contribution in [0.4, 0.5) is 18.9 Å². The molecule has 2 amide bonds. The van der Waals surface area contributed by atoms with Crippen LogP contribution in [0.3, 0.4) is 0 Å². The maximum absolute atomic E-state index is 13.8. The van der Waals surface area contributed by atoms with Crippen LogP contribution in [0, 0.1) is 11.3 Å². The Hall–Kier alpha value is -6.19. The zero-order valence-corrected chi connectivity index (χ0v) is 26.7. The second-order valence-corrected chi connectivity index (χ2v) is 10.9. The van der Waals surface area contributed by atoms with Crippen LogP contribution in [0.2, 0.25) is 0 Å². The Balaban J connectivity index is 0.000000727. The van der Waals surface area contributed by atoms with Gasteiger partial charge in [-0.3, -0.25) is 9.59 Å².